The summed E-state index contributed by atoms with van der Waals surface area (Å²) in [6.07, 6.45) is 7.70. The first-order valence-corrected chi connectivity index (χ1v) is 7.75. The molecule has 0 spiro atoms. The number of carbonyl (C=O) groups excluding carboxylic acids is 1. The Labute approximate surface area is 121 Å². The zero-order valence-electron chi connectivity index (χ0n) is 12.6. The number of nitrogen functional groups attached to an aromatic ring is 1. The van der Waals surface area contributed by atoms with Crippen molar-refractivity contribution in [3.63, 3.8) is 0 Å². The molecule has 0 radical (unpaired) electrons. The molecule has 1 aliphatic carbocycles. The highest BCUT2D eigenvalue weighted by atomic mass is 16.1. The second-order valence-electron chi connectivity index (χ2n) is 6.10. The van der Waals surface area contributed by atoms with Crippen LogP contribution in [-0.2, 0) is 0 Å². The van der Waals surface area contributed by atoms with Crippen molar-refractivity contribution in [3.8, 4) is 0 Å². The maximum atomic E-state index is 12.4. The Balaban J connectivity index is 2.01. The fourth-order valence-corrected chi connectivity index (χ4v) is 3.08. The van der Waals surface area contributed by atoms with Crippen molar-refractivity contribution in [2.24, 2.45) is 5.92 Å². The summed E-state index contributed by atoms with van der Waals surface area (Å²) in [4.78, 5) is 12.4. The maximum Gasteiger partial charge on any atom is 0.253 e. The maximum absolute atomic E-state index is 12.4. The first-order chi connectivity index (χ1) is 9.58. The van der Waals surface area contributed by atoms with Gasteiger partial charge in [0.15, 0.2) is 0 Å². The molecule has 0 saturated heterocycles. The number of rotatable bonds is 3. The fourth-order valence-electron chi connectivity index (χ4n) is 3.08. The number of benzene rings is 1. The van der Waals surface area contributed by atoms with Crippen molar-refractivity contribution in [2.75, 3.05) is 5.73 Å². The van der Waals surface area contributed by atoms with Crippen LogP contribution in [0.5, 0.6) is 0 Å². The summed E-state index contributed by atoms with van der Waals surface area (Å²) in [6.45, 7) is 4.10. The summed E-state index contributed by atoms with van der Waals surface area (Å²) in [5, 5.41) is 3.14. The molecule has 0 heterocycles. The van der Waals surface area contributed by atoms with Gasteiger partial charge in [-0.15, -0.1) is 0 Å². The lowest BCUT2D eigenvalue weighted by Gasteiger charge is -2.24. The number of aryl methyl sites for hydroxylation is 1. The van der Waals surface area contributed by atoms with Crippen molar-refractivity contribution in [3.05, 3.63) is 29.3 Å². The molecule has 20 heavy (non-hydrogen) atoms. The molecule has 3 heteroatoms. The van der Waals surface area contributed by atoms with Gasteiger partial charge in [0.1, 0.15) is 0 Å². The van der Waals surface area contributed by atoms with Crippen molar-refractivity contribution in [2.45, 2.75) is 58.4 Å². The Morgan fingerprint density at radius 2 is 1.90 bits per heavy atom. The molecule has 1 aromatic rings. The van der Waals surface area contributed by atoms with E-state index in [1.165, 1.54) is 38.5 Å². The summed E-state index contributed by atoms with van der Waals surface area (Å²) in [6, 6.07) is 5.83. The van der Waals surface area contributed by atoms with Crippen molar-refractivity contribution in [1.82, 2.24) is 5.32 Å². The van der Waals surface area contributed by atoms with Crippen LogP contribution in [0.3, 0.4) is 0 Å². The summed E-state index contributed by atoms with van der Waals surface area (Å²) < 4.78 is 0. The lowest BCUT2D eigenvalue weighted by Crippen LogP contribution is -2.38. The number of nitrogens with two attached hydrogens (primary N) is 1. The van der Waals surface area contributed by atoms with Gasteiger partial charge in [-0.2, -0.15) is 0 Å². The molecule has 0 bridgehead atoms. The average Bonchev–Trinajstić information content (AvgIpc) is 2.70. The molecule has 1 aromatic carbocycles. The van der Waals surface area contributed by atoms with Gasteiger partial charge in [0.25, 0.3) is 5.91 Å². The molecule has 0 aliphatic heterocycles. The van der Waals surface area contributed by atoms with Gasteiger partial charge in [0.2, 0.25) is 0 Å². The lowest BCUT2D eigenvalue weighted by molar-refractivity contribution is 0.0924. The van der Waals surface area contributed by atoms with Crippen molar-refractivity contribution < 1.29 is 4.79 Å². The molecular weight excluding hydrogens is 248 g/mol. The van der Waals surface area contributed by atoms with Crippen LogP contribution in [0.15, 0.2) is 18.2 Å². The molecule has 3 N–H and O–H groups in total. The van der Waals surface area contributed by atoms with E-state index in [-0.39, 0.29) is 11.9 Å². The molecule has 3 nitrogen and oxygen atoms in total. The van der Waals surface area contributed by atoms with E-state index >= 15 is 0 Å². The third kappa shape index (κ3) is 3.75. The predicted octanol–water partition coefficient (Wildman–Crippen LogP) is 3.67. The third-order valence-electron chi connectivity index (χ3n) is 4.42. The topological polar surface area (TPSA) is 55.1 Å². The Kier molecular flexibility index (Phi) is 5.05. The van der Waals surface area contributed by atoms with E-state index in [2.05, 4.69) is 12.2 Å². The highest BCUT2D eigenvalue weighted by Gasteiger charge is 2.21. The number of anilines is 1. The van der Waals surface area contributed by atoms with Crippen LogP contribution in [0.2, 0.25) is 0 Å². The van der Waals surface area contributed by atoms with E-state index in [4.69, 9.17) is 5.73 Å². The van der Waals surface area contributed by atoms with E-state index in [1.54, 1.807) is 6.07 Å². The van der Waals surface area contributed by atoms with Crippen molar-refractivity contribution in [1.29, 1.82) is 0 Å². The highest BCUT2D eigenvalue weighted by Crippen LogP contribution is 2.25. The SMILES string of the molecule is Cc1ccc(N)c(C(=O)N[C@H](C)C2CCCCCC2)c1. The first-order valence-electron chi connectivity index (χ1n) is 7.75. The molecule has 0 aromatic heterocycles. The Morgan fingerprint density at radius 3 is 2.55 bits per heavy atom. The van der Waals surface area contributed by atoms with Gasteiger partial charge < -0.3 is 11.1 Å². The number of hydrogen-bond acceptors (Lipinski definition) is 2. The van der Waals surface area contributed by atoms with Crippen LogP contribution in [0.4, 0.5) is 5.69 Å². The third-order valence-corrected chi connectivity index (χ3v) is 4.42. The number of hydrogen-bond donors (Lipinski definition) is 2. The summed E-state index contributed by atoms with van der Waals surface area (Å²) in [5.41, 5.74) is 8.13. The van der Waals surface area contributed by atoms with Crippen LogP contribution < -0.4 is 11.1 Å². The van der Waals surface area contributed by atoms with E-state index in [9.17, 15) is 4.79 Å². The highest BCUT2D eigenvalue weighted by molar-refractivity contribution is 5.99. The van der Waals surface area contributed by atoms with Gasteiger partial charge in [0.05, 0.1) is 5.56 Å². The van der Waals surface area contributed by atoms with E-state index in [0.29, 0.717) is 17.2 Å². The molecule has 1 aliphatic rings. The van der Waals surface area contributed by atoms with E-state index in [0.717, 1.165) is 5.56 Å². The smallest absolute Gasteiger partial charge is 0.253 e. The molecule has 2 rings (SSSR count). The number of amides is 1. The van der Waals surface area contributed by atoms with Gasteiger partial charge in [-0.05, 0) is 44.7 Å². The zero-order chi connectivity index (χ0) is 14.5. The lowest BCUT2D eigenvalue weighted by atomic mass is 9.92. The second-order valence-corrected chi connectivity index (χ2v) is 6.10. The average molecular weight is 274 g/mol. The molecule has 1 amide bonds. The largest absolute Gasteiger partial charge is 0.398 e. The monoisotopic (exact) mass is 274 g/mol. The van der Waals surface area contributed by atoms with E-state index in [1.807, 2.05) is 19.1 Å². The van der Waals surface area contributed by atoms with Gasteiger partial charge in [-0.3, -0.25) is 4.79 Å². The summed E-state index contributed by atoms with van der Waals surface area (Å²) >= 11 is 0. The normalized spacial score (nSPS) is 18.3. The quantitative estimate of drug-likeness (QED) is 0.652. The van der Waals surface area contributed by atoms with Gasteiger partial charge >= 0.3 is 0 Å². The number of carbonyl (C=O) groups is 1. The zero-order valence-corrected chi connectivity index (χ0v) is 12.6. The summed E-state index contributed by atoms with van der Waals surface area (Å²) in [5.74, 6) is 0.565. The van der Waals surface area contributed by atoms with Crippen molar-refractivity contribution >= 4 is 11.6 Å². The molecule has 1 saturated carbocycles. The Hall–Kier alpha value is -1.51. The minimum Gasteiger partial charge on any atom is -0.398 e. The van der Waals surface area contributed by atoms with Crippen LogP contribution in [0.25, 0.3) is 0 Å². The minimum absolute atomic E-state index is 0.0389. The van der Waals surface area contributed by atoms with Gasteiger partial charge in [-0.25, -0.2) is 0 Å². The number of nitrogens with one attached hydrogen (secondary N) is 1. The van der Waals surface area contributed by atoms with Crippen LogP contribution in [-0.4, -0.2) is 11.9 Å². The summed E-state index contributed by atoms with van der Waals surface area (Å²) in [7, 11) is 0. The van der Waals surface area contributed by atoms with Crippen LogP contribution >= 0.6 is 0 Å². The minimum atomic E-state index is -0.0389. The molecule has 110 valence electrons. The van der Waals surface area contributed by atoms with Gasteiger partial charge in [-0.1, -0.05) is 37.3 Å². The van der Waals surface area contributed by atoms with Crippen LogP contribution in [0.1, 0.15) is 61.4 Å². The standard InChI is InChI=1S/C17H26N2O/c1-12-9-10-16(18)15(11-12)17(20)19-13(2)14-7-5-3-4-6-8-14/h9-11,13-14H,3-8,18H2,1-2H3,(H,19,20)/t13-/m1/s1. The molecule has 1 atom stereocenters. The van der Waals surface area contributed by atoms with Gasteiger partial charge in [0, 0.05) is 11.7 Å². The Bertz CT molecular complexity index is 462. The first kappa shape index (κ1) is 14.9. The second kappa shape index (κ2) is 6.78. The molecule has 0 unspecified atom stereocenters. The van der Waals surface area contributed by atoms with Crippen LogP contribution in [0, 0.1) is 12.8 Å². The fraction of sp³-hybridized carbons (Fsp3) is 0.588. The molecule has 1 fully saturated rings. The predicted molar refractivity (Wildman–Crippen MR) is 83.7 cm³/mol. The Morgan fingerprint density at radius 1 is 1.25 bits per heavy atom. The van der Waals surface area contributed by atoms with E-state index < -0.39 is 0 Å². The molecular formula is C17H26N2O.